The van der Waals surface area contributed by atoms with Crippen LogP contribution < -0.4 is 5.73 Å². The molecule has 0 radical (unpaired) electrons. The molecule has 1 fully saturated rings. The first-order valence-corrected chi connectivity index (χ1v) is 6.72. The van der Waals surface area contributed by atoms with E-state index in [-0.39, 0.29) is 17.8 Å². The van der Waals surface area contributed by atoms with Gasteiger partial charge in [0.2, 0.25) is 5.95 Å². The second-order valence-corrected chi connectivity index (χ2v) is 5.32. The maximum Gasteiger partial charge on any atom is 0.306 e. The first-order valence-electron chi connectivity index (χ1n) is 6.72. The number of halogens is 1. The SMILES string of the molecule is Nc1nc2cc(F)ccc2n1C1CCC(C(=O)O)CC1. The van der Waals surface area contributed by atoms with Crippen LogP contribution in [0.15, 0.2) is 18.2 Å². The predicted octanol–water partition coefficient (Wildman–Crippen LogP) is 2.57. The number of carboxylic acids is 1. The highest BCUT2D eigenvalue weighted by Gasteiger charge is 2.28. The molecule has 0 bridgehead atoms. The van der Waals surface area contributed by atoms with Gasteiger partial charge in [0.05, 0.1) is 17.0 Å². The maximum absolute atomic E-state index is 13.2. The van der Waals surface area contributed by atoms with Crippen LogP contribution in [0.25, 0.3) is 11.0 Å². The molecule has 5 nitrogen and oxygen atoms in total. The van der Waals surface area contributed by atoms with E-state index >= 15 is 0 Å². The number of aliphatic carboxylic acids is 1. The molecular weight excluding hydrogens is 261 g/mol. The van der Waals surface area contributed by atoms with E-state index in [1.807, 2.05) is 4.57 Å². The second kappa shape index (κ2) is 4.77. The fourth-order valence-electron chi connectivity index (χ4n) is 3.06. The first-order chi connectivity index (χ1) is 9.56. The van der Waals surface area contributed by atoms with Gasteiger partial charge in [-0.05, 0) is 37.8 Å². The van der Waals surface area contributed by atoms with Gasteiger partial charge in [-0.2, -0.15) is 0 Å². The van der Waals surface area contributed by atoms with Crippen LogP contribution in [-0.4, -0.2) is 20.6 Å². The van der Waals surface area contributed by atoms with E-state index in [9.17, 15) is 9.18 Å². The Hall–Kier alpha value is -2.11. The smallest absolute Gasteiger partial charge is 0.306 e. The lowest BCUT2D eigenvalue weighted by molar-refractivity contribution is -0.143. The van der Waals surface area contributed by atoms with Crippen molar-refractivity contribution in [3.63, 3.8) is 0 Å². The van der Waals surface area contributed by atoms with E-state index in [1.165, 1.54) is 12.1 Å². The third-order valence-corrected chi connectivity index (χ3v) is 4.09. The van der Waals surface area contributed by atoms with E-state index in [2.05, 4.69) is 4.98 Å². The molecule has 2 aromatic rings. The van der Waals surface area contributed by atoms with Crippen LogP contribution >= 0.6 is 0 Å². The molecule has 1 aromatic carbocycles. The summed E-state index contributed by atoms with van der Waals surface area (Å²) >= 11 is 0. The van der Waals surface area contributed by atoms with Crippen molar-refractivity contribution in [2.24, 2.45) is 5.92 Å². The standard InChI is InChI=1S/C14H16FN3O2/c15-9-3-6-12-11(7-9)17-14(16)18(12)10-4-1-8(2-5-10)13(19)20/h3,6-8,10H,1-2,4-5H2,(H2,16,17)(H,19,20). The van der Waals surface area contributed by atoms with Crippen LogP contribution in [0, 0.1) is 11.7 Å². The van der Waals surface area contributed by atoms with Crippen LogP contribution in [0.1, 0.15) is 31.7 Å². The molecule has 0 unspecified atom stereocenters. The van der Waals surface area contributed by atoms with Gasteiger partial charge in [0.25, 0.3) is 0 Å². The van der Waals surface area contributed by atoms with Gasteiger partial charge < -0.3 is 15.4 Å². The third-order valence-electron chi connectivity index (χ3n) is 4.09. The van der Waals surface area contributed by atoms with Crippen molar-refractivity contribution in [1.29, 1.82) is 0 Å². The van der Waals surface area contributed by atoms with E-state index in [4.69, 9.17) is 10.8 Å². The van der Waals surface area contributed by atoms with E-state index in [0.29, 0.717) is 24.3 Å². The monoisotopic (exact) mass is 277 g/mol. The van der Waals surface area contributed by atoms with Gasteiger partial charge in [-0.25, -0.2) is 9.37 Å². The minimum Gasteiger partial charge on any atom is -0.481 e. The molecule has 1 aliphatic rings. The molecule has 0 spiro atoms. The minimum atomic E-state index is -0.728. The quantitative estimate of drug-likeness (QED) is 0.884. The summed E-state index contributed by atoms with van der Waals surface area (Å²) in [4.78, 5) is 15.2. The molecule has 1 aromatic heterocycles. The van der Waals surface area contributed by atoms with Crippen LogP contribution in [-0.2, 0) is 4.79 Å². The number of hydrogen-bond acceptors (Lipinski definition) is 3. The van der Waals surface area contributed by atoms with Crippen molar-refractivity contribution in [3.05, 3.63) is 24.0 Å². The van der Waals surface area contributed by atoms with Crippen molar-refractivity contribution < 1.29 is 14.3 Å². The average molecular weight is 277 g/mol. The molecule has 3 rings (SSSR count). The highest BCUT2D eigenvalue weighted by molar-refractivity contribution is 5.78. The Morgan fingerprint density at radius 1 is 1.35 bits per heavy atom. The molecular formula is C14H16FN3O2. The van der Waals surface area contributed by atoms with Crippen molar-refractivity contribution in [2.75, 3.05) is 5.73 Å². The van der Waals surface area contributed by atoms with Crippen LogP contribution in [0.2, 0.25) is 0 Å². The largest absolute Gasteiger partial charge is 0.481 e. The molecule has 0 saturated heterocycles. The minimum absolute atomic E-state index is 0.140. The van der Waals surface area contributed by atoms with Crippen molar-refractivity contribution in [3.8, 4) is 0 Å². The number of aromatic nitrogens is 2. The first kappa shape index (κ1) is 12.9. The number of imidazole rings is 1. The van der Waals surface area contributed by atoms with Gasteiger partial charge in [0.15, 0.2) is 0 Å². The van der Waals surface area contributed by atoms with Crippen molar-refractivity contribution in [1.82, 2.24) is 9.55 Å². The molecule has 3 N–H and O–H groups in total. The number of carboxylic acid groups (broad SMARTS) is 1. The van der Waals surface area contributed by atoms with Gasteiger partial charge in [0, 0.05) is 12.1 Å². The fraction of sp³-hybridized carbons (Fsp3) is 0.429. The van der Waals surface area contributed by atoms with Gasteiger partial charge >= 0.3 is 5.97 Å². The summed E-state index contributed by atoms with van der Waals surface area (Å²) in [5.41, 5.74) is 7.29. The van der Waals surface area contributed by atoms with Crippen LogP contribution in [0.5, 0.6) is 0 Å². The lowest BCUT2D eigenvalue weighted by atomic mass is 9.86. The Balaban J connectivity index is 1.91. The molecule has 1 heterocycles. The Labute approximate surface area is 115 Å². The number of rotatable bonds is 2. The number of nitrogen functional groups attached to an aromatic ring is 1. The average Bonchev–Trinajstić information content (AvgIpc) is 2.73. The van der Waals surface area contributed by atoms with Crippen molar-refractivity contribution >= 4 is 23.0 Å². The molecule has 0 aliphatic heterocycles. The topological polar surface area (TPSA) is 81.1 Å². The molecule has 1 saturated carbocycles. The van der Waals surface area contributed by atoms with Gasteiger partial charge in [0.1, 0.15) is 5.82 Å². The zero-order chi connectivity index (χ0) is 14.3. The summed E-state index contributed by atoms with van der Waals surface area (Å²) in [7, 11) is 0. The van der Waals surface area contributed by atoms with Crippen LogP contribution in [0.3, 0.4) is 0 Å². The van der Waals surface area contributed by atoms with E-state index < -0.39 is 5.97 Å². The van der Waals surface area contributed by atoms with Crippen molar-refractivity contribution in [2.45, 2.75) is 31.7 Å². The lowest BCUT2D eigenvalue weighted by Crippen LogP contribution is -2.24. The number of carbonyl (C=O) groups is 1. The van der Waals surface area contributed by atoms with E-state index in [1.54, 1.807) is 6.07 Å². The number of hydrogen-bond donors (Lipinski definition) is 2. The Kier molecular flexibility index (Phi) is 3.08. The van der Waals surface area contributed by atoms with Gasteiger partial charge in [-0.15, -0.1) is 0 Å². The molecule has 20 heavy (non-hydrogen) atoms. The number of fused-ring (bicyclic) bond motifs is 1. The molecule has 0 atom stereocenters. The summed E-state index contributed by atoms with van der Waals surface area (Å²) in [6.45, 7) is 0. The summed E-state index contributed by atoms with van der Waals surface area (Å²) in [5.74, 6) is -0.963. The Morgan fingerprint density at radius 3 is 2.70 bits per heavy atom. The molecule has 6 heteroatoms. The summed E-state index contributed by atoms with van der Waals surface area (Å²) in [6, 6.07) is 4.58. The Morgan fingerprint density at radius 2 is 2.05 bits per heavy atom. The number of nitrogens with two attached hydrogens (primary N) is 1. The third kappa shape index (κ3) is 2.11. The summed E-state index contributed by atoms with van der Waals surface area (Å²) in [5, 5.41) is 9.03. The number of benzene rings is 1. The second-order valence-electron chi connectivity index (χ2n) is 5.32. The Bertz CT molecular complexity index is 660. The zero-order valence-corrected chi connectivity index (χ0v) is 10.9. The maximum atomic E-state index is 13.2. The zero-order valence-electron chi connectivity index (χ0n) is 10.9. The van der Waals surface area contributed by atoms with Crippen LogP contribution in [0.4, 0.5) is 10.3 Å². The fourth-order valence-corrected chi connectivity index (χ4v) is 3.06. The number of anilines is 1. The highest BCUT2D eigenvalue weighted by atomic mass is 19.1. The van der Waals surface area contributed by atoms with Gasteiger partial charge in [-0.3, -0.25) is 4.79 Å². The normalized spacial score (nSPS) is 23.1. The summed E-state index contributed by atoms with van der Waals surface area (Å²) < 4.78 is 15.1. The molecule has 0 amide bonds. The van der Waals surface area contributed by atoms with Gasteiger partial charge in [-0.1, -0.05) is 0 Å². The lowest BCUT2D eigenvalue weighted by Gasteiger charge is -2.28. The molecule has 1 aliphatic carbocycles. The summed E-state index contributed by atoms with van der Waals surface area (Å²) in [6.07, 6.45) is 2.79. The predicted molar refractivity (Wildman–Crippen MR) is 72.7 cm³/mol. The van der Waals surface area contributed by atoms with E-state index in [0.717, 1.165) is 18.4 Å². The number of nitrogens with zero attached hydrogens (tertiary/aromatic N) is 2. The molecule has 106 valence electrons. The highest BCUT2D eigenvalue weighted by Crippen LogP contribution is 2.36.